The van der Waals surface area contributed by atoms with Crippen LogP contribution < -0.4 is 18.9 Å². The minimum atomic E-state index is -1.14. The van der Waals surface area contributed by atoms with E-state index in [0.717, 1.165) is 20.8 Å². The molecule has 0 aromatic heterocycles. The van der Waals surface area contributed by atoms with Crippen molar-refractivity contribution < 1.29 is 57.2 Å². The predicted octanol–water partition coefficient (Wildman–Crippen LogP) is 3.08. The average Bonchev–Trinajstić information content (AvgIpc) is 2.91. The Labute approximate surface area is 266 Å². The predicted molar refractivity (Wildman–Crippen MR) is 161 cm³/mol. The van der Waals surface area contributed by atoms with Crippen LogP contribution in [0.2, 0.25) is 0 Å². The summed E-state index contributed by atoms with van der Waals surface area (Å²) in [4.78, 5) is 87.6. The molecule has 14 heteroatoms. The van der Waals surface area contributed by atoms with Crippen LogP contribution in [0.1, 0.15) is 77.2 Å². The Morgan fingerprint density at radius 1 is 0.543 bits per heavy atom. The summed E-state index contributed by atoms with van der Waals surface area (Å²) in [6.07, 6.45) is -1.14. The van der Waals surface area contributed by atoms with Crippen LogP contribution >= 0.6 is 0 Å². The highest BCUT2D eigenvalue weighted by Gasteiger charge is 2.31. The third kappa shape index (κ3) is 10.7. The lowest BCUT2D eigenvalue weighted by molar-refractivity contribution is -0.149. The summed E-state index contributed by atoms with van der Waals surface area (Å²) in [6.45, 7) is 8.34. The molecule has 2 unspecified atom stereocenters. The molecule has 0 saturated heterocycles. The van der Waals surface area contributed by atoms with Crippen LogP contribution in [-0.2, 0) is 38.3 Å². The fraction of sp³-hybridized carbons (Fsp3) is 0.406. The van der Waals surface area contributed by atoms with Crippen LogP contribution in [0.4, 0.5) is 0 Å². The molecule has 0 N–H and O–H groups in total. The summed E-state index contributed by atoms with van der Waals surface area (Å²) in [7, 11) is 3.04. The summed E-state index contributed by atoms with van der Waals surface area (Å²) < 4.78 is 27.0. The molecule has 0 bridgehead atoms. The topological polar surface area (TPSA) is 172 Å². The van der Waals surface area contributed by atoms with Gasteiger partial charge in [-0.1, -0.05) is 6.07 Å². The van der Waals surface area contributed by atoms with Crippen LogP contribution in [0.25, 0.3) is 0 Å². The van der Waals surface area contributed by atoms with Crippen molar-refractivity contribution >= 4 is 41.7 Å². The van der Waals surface area contributed by atoms with Gasteiger partial charge < -0.3 is 33.5 Å². The first-order chi connectivity index (χ1) is 21.4. The fourth-order valence-electron chi connectivity index (χ4n) is 4.42. The third-order valence-electron chi connectivity index (χ3n) is 6.54. The van der Waals surface area contributed by atoms with Crippen molar-refractivity contribution in [1.82, 2.24) is 9.80 Å². The number of benzene rings is 2. The number of esters is 5. The summed E-state index contributed by atoms with van der Waals surface area (Å²) >= 11 is 0. The third-order valence-corrected chi connectivity index (χ3v) is 6.54. The maximum atomic E-state index is 12.5. The van der Waals surface area contributed by atoms with E-state index in [1.165, 1.54) is 68.8 Å². The Balaban J connectivity index is 3.07. The number of hydrogen-bond donors (Lipinski definition) is 0. The minimum absolute atomic E-state index is 0.0173. The van der Waals surface area contributed by atoms with Gasteiger partial charge in [-0.2, -0.15) is 0 Å². The number of nitrogens with zero attached hydrogens (tertiary/aromatic N) is 2. The van der Waals surface area contributed by atoms with Crippen LogP contribution in [0.15, 0.2) is 30.3 Å². The first-order valence-electron chi connectivity index (χ1n) is 14.1. The van der Waals surface area contributed by atoms with Crippen molar-refractivity contribution in [3.05, 3.63) is 47.0 Å². The summed E-state index contributed by atoms with van der Waals surface area (Å²) in [5, 5.41) is 0. The standard InChI is InChI=1S/C32H38N2O12/c1-17(35)33(8)15-27(24-10-11-28(42-19(3)37)29(12-24)43-20(4)38)25-13-30(44-21(5)39)31(45-22(6)40)14-26(25)32(46-23(7)41)16-34(9)18(2)36/h10-14,27,32H,15-16H2,1-9H3. The fourth-order valence-corrected chi connectivity index (χ4v) is 4.42. The van der Waals surface area contributed by atoms with E-state index in [1.54, 1.807) is 13.1 Å². The summed E-state index contributed by atoms with van der Waals surface area (Å²) in [6, 6.07) is 7.18. The van der Waals surface area contributed by atoms with Gasteiger partial charge in [-0.3, -0.25) is 33.6 Å². The van der Waals surface area contributed by atoms with Crippen LogP contribution in [-0.4, -0.2) is 78.6 Å². The molecular weight excluding hydrogens is 604 g/mol. The lowest BCUT2D eigenvalue weighted by atomic mass is 9.85. The van der Waals surface area contributed by atoms with E-state index < -0.39 is 41.9 Å². The molecule has 0 aliphatic carbocycles. The van der Waals surface area contributed by atoms with E-state index in [0.29, 0.717) is 11.1 Å². The molecule has 0 fully saturated rings. The average molecular weight is 643 g/mol. The molecule has 2 amide bonds. The number of hydrogen-bond acceptors (Lipinski definition) is 12. The van der Waals surface area contributed by atoms with Crippen molar-refractivity contribution in [3.63, 3.8) is 0 Å². The first kappa shape index (κ1) is 36.9. The molecule has 2 atom stereocenters. The number of likely N-dealkylation sites (N-methyl/N-ethyl adjacent to an activating group) is 2. The Kier molecular flexibility index (Phi) is 13.0. The molecule has 0 spiro atoms. The second-order valence-electron chi connectivity index (χ2n) is 10.5. The second kappa shape index (κ2) is 16.2. The molecule has 0 aliphatic rings. The quantitative estimate of drug-likeness (QED) is 0.245. The highest BCUT2D eigenvalue weighted by atomic mass is 16.6. The van der Waals surface area contributed by atoms with Crippen LogP contribution in [0.5, 0.6) is 23.0 Å². The van der Waals surface area contributed by atoms with Gasteiger partial charge in [-0.05, 0) is 35.4 Å². The number of rotatable bonds is 12. The SMILES string of the molecule is CC(=O)Oc1ccc(C(CN(C)C(C)=O)c2cc(OC(C)=O)c(OC(C)=O)cc2C(CN(C)C(C)=O)OC(C)=O)cc1OC(C)=O. The molecule has 0 saturated carbocycles. The minimum Gasteiger partial charge on any atom is -0.456 e. The van der Waals surface area contributed by atoms with Crippen molar-refractivity contribution in [2.24, 2.45) is 0 Å². The largest absolute Gasteiger partial charge is 0.456 e. The first-order valence-corrected chi connectivity index (χ1v) is 14.1. The number of carbonyl (C=O) groups excluding carboxylic acids is 7. The Morgan fingerprint density at radius 2 is 0.957 bits per heavy atom. The van der Waals surface area contributed by atoms with Gasteiger partial charge in [0.2, 0.25) is 11.8 Å². The number of carbonyl (C=O) groups is 7. The molecule has 0 heterocycles. The van der Waals surface area contributed by atoms with Gasteiger partial charge in [0, 0.05) is 80.6 Å². The van der Waals surface area contributed by atoms with Gasteiger partial charge in [0.1, 0.15) is 6.10 Å². The molecular formula is C32H38N2O12. The zero-order valence-electron chi connectivity index (χ0n) is 27.2. The summed E-state index contributed by atoms with van der Waals surface area (Å²) in [5.74, 6) is -5.48. The number of ether oxygens (including phenoxy) is 5. The van der Waals surface area contributed by atoms with Gasteiger partial charge in [-0.15, -0.1) is 0 Å². The lowest BCUT2D eigenvalue weighted by Crippen LogP contribution is -2.33. The zero-order chi connectivity index (χ0) is 34.9. The van der Waals surface area contributed by atoms with E-state index >= 15 is 0 Å². The molecule has 0 radical (unpaired) electrons. The summed E-state index contributed by atoms with van der Waals surface area (Å²) in [5.41, 5.74) is 1.00. The molecule has 2 aromatic rings. The van der Waals surface area contributed by atoms with Crippen molar-refractivity contribution in [2.75, 3.05) is 27.2 Å². The monoisotopic (exact) mass is 642 g/mol. The Hall–Kier alpha value is -5.27. The van der Waals surface area contributed by atoms with E-state index in [4.69, 9.17) is 23.7 Å². The maximum absolute atomic E-state index is 12.5. The normalized spacial score (nSPS) is 11.8. The van der Waals surface area contributed by atoms with E-state index in [1.807, 2.05) is 0 Å². The highest BCUT2D eigenvalue weighted by molar-refractivity contribution is 5.77. The Bertz CT molecular complexity index is 1530. The molecule has 248 valence electrons. The smallest absolute Gasteiger partial charge is 0.308 e. The molecule has 2 rings (SSSR count). The highest BCUT2D eigenvalue weighted by Crippen LogP contribution is 2.42. The van der Waals surface area contributed by atoms with Gasteiger partial charge in [0.25, 0.3) is 0 Å². The molecule has 14 nitrogen and oxygen atoms in total. The van der Waals surface area contributed by atoms with Crippen LogP contribution in [0.3, 0.4) is 0 Å². The number of amides is 2. The lowest BCUT2D eigenvalue weighted by Gasteiger charge is -2.31. The van der Waals surface area contributed by atoms with E-state index in [2.05, 4.69) is 0 Å². The second-order valence-corrected chi connectivity index (χ2v) is 10.5. The van der Waals surface area contributed by atoms with Gasteiger partial charge in [0.05, 0.1) is 6.54 Å². The molecule has 0 aliphatic heterocycles. The molecule has 2 aromatic carbocycles. The van der Waals surface area contributed by atoms with Gasteiger partial charge >= 0.3 is 29.8 Å². The van der Waals surface area contributed by atoms with Crippen molar-refractivity contribution in [2.45, 2.75) is 60.5 Å². The van der Waals surface area contributed by atoms with Crippen LogP contribution in [0, 0.1) is 0 Å². The zero-order valence-corrected chi connectivity index (χ0v) is 27.2. The van der Waals surface area contributed by atoms with E-state index in [9.17, 15) is 33.6 Å². The van der Waals surface area contributed by atoms with Crippen molar-refractivity contribution in [1.29, 1.82) is 0 Å². The van der Waals surface area contributed by atoms with Crippen molar-refractivity contribution in [3.8, 4) is 23.0 Å². The van der Waals surface area contributed by atoms with Gasteiger partial charge in [-0.25, -0.2) is 0 Å². The van der Waals surface area contributed by atoms with E-state index in [-0.39, 0.29) is 53.5 Å². The van der Waals surface area contributed by atoms with Gasteiger partial charge in [0.15, 0.2) is 23.0 Å². The molecule has 46 heavy (non-hydrogen) atoms. The Morgan fingerprint density at radius 3 is 1.39 bits per heavy atom. The maximum Gasteiger partial charge on any atom is 0.308 e.